The van der Waals surface area contributed by atoms with Gasteiger partial charge in [0.15, 0.2) is 0 Å². The maximum atomic E-state index is 13.1. The zero-order chi connectivity index (χ0) is 21.1. The lowest BCUT2D eigenvalue weighted by atomic mass is 9.98. The van der Waals surface area contributed by atoms with Crippen LogP contribution in [-0.4, -0.2) is 72.7 Å². The Hall–Kier alpha value is -1.33. The molecular weight excluding hydrogens is 440 g/mol. The van der Waals surface area contributed by atoms with Crippen LogP contribution >= 0.6 is 22.7 Å². The van der Waals surface area contributed by atoms with Crippen LogP contribution in [0.3, 0.4) is 0 Å². The monoisotopic (exact) mass is 468 g/mol. The number of aryl methyl sites for hydroxylation is 1. The Labute approximate surface area is 186 Å². The second-order valence-corrected chi connectivity index (χ2v) is 11.9. The summed E-state index contributed by atoms with van der Waals surface area (Å²) in [7, 11) is -3.49. The molecule has 10 heteroatoms. The van der Waals surface area contributed by atoms with Crippen LogP contribution in [0.5, 0.6) is 0 Å². The van der Waals surface area contributed by atoms with Gasteiger partial charge in [0, 0.05) is 51.2 Å². The highest BCUT2D eigenvalue weighted by Gasteiger charge is 2.36. The highest BCUT2D eigenvalue weighted by atomic mass is 32.2. The van der Waals surface area contributed by atoms with Crippen LogP contribution in [0.2, 0.25) is 0 Å². The van der Waals surface area contributed by atoms with Crippen molar-refractivity contribution in [2.24, 2.45) is 5.92 Å². The molecule has 164 valence electrons. The van der Waals surface area contributed by atoms with Crippen molar-refractivity contribution in [3.05, 3.63) is 33.6 Å². The summed E-state index contributed by atoms with van der Waals surface area (Å²) in [6.07, 6.45) is 2.45. The normalized spacial score (nSPS) is 21.8. The predicted octanol–water partition coefficient (Wildman–Crippen LogP) is 2.51. The van der Waals surface area contributed by atoms with E-state index in [2.05, 4.69) is 22.2 Å². The number of thiazole rings is 1. The van der Waals surface area contributed by atoms with E-state index >= 15 is 0 Å². The van der Waals surface area contributed by atoms with Crippen molar-refractivity contribution in [2.45, 2.75) is 36.9 Å². The van der Waals surface area contributed by atoms with E-state index in [0.717, 1.165) is 49.6 Å². The van der Waals surface area contributed by atoms with Crippen LogP contribution in [0.15, 0.2) is 27.1 Å². The molecule has 30 heavy (non-hydrogen) atoms. The van der Waals surface area contributed by atoms with Gasteiger partial charge >= 0.3 is 0 Å². The van der Waals surface area contributed by atoms with Gasteiger partial charge in [-0.3, -0.25) is 9.69 Å². The van der Waals surface area contributed by atoms with E-state index in [1.807, 2.05) is 4.90 Å². The van der Waals surface area contributed by atoms with Crippen LogP contribution in [-0.2, 0) is 27.8 Å². The Kier molecular flexibility index (Phi) is 6.88. The molecule has 7 nitrogen and oxygen atoms in total. The van der Waals surface area contributed by atoms with Gasteiger partial charge in [0.25, 0.3) is 10.0 Å². The number of amides is 1. The highest BCUT2D eigenvalue weighted by molar-refractivity contribution is 7.91. The molecule has 4 rings (SSSR count). The van der Waals surface area contributed by atoms with Crippen molar-refractivity contribution in [2.75, 3.05) is 39.3 Å². The summed E-state index contributed by atoms with van der Waals surface area (Å²) in [5, 5.41) is 5.06. The Balaban J connectivity index is 1.31. The number of hydrogen-bond acceptors (Lipinski definition) is 7. The highest BCUT2D eigenvalue weighted by Crippen LogP contribution is 2.27. The Morgan fingerprint density at radius 1 is 1.20 bits per heavy atom. The molecule has 2 aromatic rings. The van der Waals surface area contributed by atoms with Gasteiger partial charge in [-0.15, -0.1) is 22.7 Å². The second kappa shape index (κ2) is 9.44. The number of piperidine rings is 1. The molecule has 0 N–H and O–H groups in total. The molecule has 4 heterocycles. The molecule has 0 spiro atoms. The topological polar surface area (TPSA) is 73.8 Å². The number of thiophene rings is 1. The molecule has 0 saturated carbocycles. The minimum Gasteiger partial charge on any atom is -0.340 e. The number of nitrogens with zero attached hydrogens (tertiary/aromatic N) is 4. The smallest absolute Gasteiger partial charge is 0.252 e. The molecule has 2 aliphatic heterocycles. The fourth-order valence-corrected chi connectivity index (χ4v) is 7.50. The van der Waals surface area contributed by atoms with Crippen LogP contribution < -0.4 is 0 Å². The third-order valence-electron chi connectivity index (χ3n) is 5.79. The quantitative estimate of drug-likeness (QED) is 0.651. The van der Waals surface area contributed by atoms with Gasteiger partial charge in [0.1, 0.15) is 4.21 Å². The Morgan fingerprint density at radius 3 is 2.67 bits per heavy atom. The molecule has 2 aliphatic rings. The molecule has 1 atom stereocenters. The predicted molar refractivity (Wildman–Crippen MR) is 119 cm³/mol. The maximum absolute atomic E-state index is 13.1. The number of rotatable bonds is 6. The molecule has 2 fully saturated rings. The van der Waals surface area contributed by atoms with Crippen molar-refractivity contribution in [3.63, 3.8) is 0 Å². The standard InChI is InChI=1S/C20H28N4O3S3/c1-2-18-21-17(15-29-18)14-22-8-10-23(11-9-22)20(25)16-5-3-7-24(13-16)30(26,27)19-6-4-12-28-19/h4,6,12,15-16H,2-3,5,7-11,13-14H2,1H3. The van der Waals surface area contributed by atoms with Crippen molar-refractivity contribution < 1.29 is 13.2 Å². The van der Waals surface area contributed by atoms with E-state index in [4.69, 9.17) is 0 Å². The first kappa shape index (κ1) is 21.9. The minimum atomic E-state index is -3.49. The van der Waals surface area contributed by atoms with Crippen LogP contribution in [0.25, 0.3) is 0 Å². The molecule has 1 amide bonds. The summed E-state index contributed by atoms with van der Waals surface area (Å²) in [5.74, 6) is -0.145. The van der Waals surface area contributed by atoms with E-state index in [0.29, 0.717) is 23.8 Å². The first-order valence-corrected chi connectivity index (χ1v) is 13.7. The van der Waals surface area contributed by atoms with Gasteiger partial charge in [-0.2, -0.15) is 4.31 Å². The van der Waals surface area contributed by atoms with E-state index in [9.17, 15) is 13.2 Å². The summed E-state index contributed by atoms with van der Waals surface area (Å²) in [4.78, 5) is 22.0. The van der Waals surface area contributed by atoms with Gasteiger partial charge < -0.3 is 4.90 Å². The summed E-state index contributed by atoms with van der Waals surface area (Å²) in [6, 6.07) is 3.38. The van der Waals surface area contributed by atoms with E-state index < -0.39 is 10.0 Å². The average molecular weight is 469 g/mol. The summed E-state index contributed by atoms with van der Waals surface area (Å²) < 4.78 is 27.5. The first-order valence-electron chi connectivity index (χ1n) is 10.5. The van der Waals surface area contributed by atoms with Gasteiger partial charge in [0.05, 0.1) is 16.6 Å². The SMILES string of the molecule is CCc1nc(CN2CCN(C(=O)C3CCCN(S(=O)(=O)c4cccs4)C3)CC2)cs1. The Bertz CT molecular complexity index is 950. The molecule has 2 saturated heterocycles. The molecule has 1 unspecified atom stereocenters. The van der Waals surface area contributed by atoms with Gasteiger partial charge in [-0.05, 0) is 30.7 Å². The third-order valence-corrected chi connectivity index (χ3v) is 10.1. The lowest BCUT2D eigenvalue weighted by Gasteiger charge is -2.38. The number of sulfonamides is 1. The number of carbonyl (C=O) groups is 1. The largest absolute Gasteiger partial charge is 0.340 e. The molecule has 0 bridgehead atoms. The van der Waals surface area contributed by atoms with Gasteiger partial charge in [-0.25, -0.2) is 13.4 Å². The Morgan fingerprint density at radius 2 is 2.00 bits per heavy atom. The van der Waals surface area contributed by atoms with Crippen LogP contribution in [0.1, 0.15) is 30.5 Å². The average Bonchev–Trinajstić information content (AvgIpc) is 3.46. The number of hydrogen-bond donors (Lipinski definition) is 0. The van der Waals surface area contributed by atoms with Crippen molar-refractivity contribution in [1.29, 1.82) is 0 Å². The second-order valence-electron chi connectivity index (χ2n) is 7.82. The number of aromatic nitrogens is 1. The molecule has 0 aromatic carbocycles. The zero-order valence-corrected chi connectivity index (χ0v) is 19.6. The third kappa shape index (κ3) is 4.77. The van der Waals surface area contributed by atoms with Gasteiger partial charge in [-0.1, -0.05) is 13.0 Å². The van der Waals surface area contributed by atoms with Crippen molar-refractivity contribution in [3.8, 4) is 0 Å². The van der Waals surface area contributed by atoms with Crippen molar-refractivity contribution in [1.82, 2.24) is 19.1 Å². The fraction of sp³-hybridized carbons (Fsp3) is 0.600. The summed E-state index contributed by atoms with van der Waals surface area (Å²) >= 11 is 2.94. The minimum absolute atomic E-state index is 0.0997. The van der Waals surface area contributed by atoms with Crippen LogP contribution in [0, 0.1) is 5.92 Å². The van der Waals surface area contributed by atoms with Crippen LogP contribution in [0.4, 0.5) is 0 Å². The summed E-state index contributed by atoms with van der Waals surface area (Å²) in [6.45, 7) is 6.77. The lowest BCUT2D eigenvalue weighted by Crippen LogP contribution is -2.52. The summed E-state index contributed by atoms with van der Waals surface area (Å²) in [5.41, 5.74) is 1.11. The zero-order valence-electron chi connectivity index (χ0n) is 17.2. The number of carbonyl (C=O) groups excluding carboxylic acids is 1. The van der Waals surface area contributed by atoms with E-state index in [1.54, 1.807) is 28.8 Å². The number of piperazine rings is 1. The van der Waals surface area contributed by atoms with Crippen molar-refractivity contribution >= 4 is 38.6 Å². The van der Waals surface area contributed by atoms with E-state index in [-0.39, 0.29) is 18.4 Å². The van der Waals surface area contributed by atoms with Gasteiger partial charge in [0.2, 0.25) is 5.91 Å². The maximum Gasteiger partial charge on any atom is 0.252 e. The molecule has 0 aliphatic carbocycles. The molecular formula is C20H28N4O3S3. The first-order chi connectivity index (χ1) is 14.5. The molecule has 2 aromatic heterocycles. The fourth-order valence-electron chi connectivity index (χ4n) is 4.10. The van der Waals surface area contributed by atoms with E-state index in [1.165, 1.54) is 15.6 Å². The lowest BCUT2D eigenvalue weighted by molar-refractivity contribution is -0.138. The molecule has 0 radical (unpaired) electrons.